The third kappa shape index (κ3) is 2.89. The normalized spacial score (nSPS) is 10.2. The molecule has 5 nitrogen and oxygen atoms in total. The molecule has 0 saturated heterocycles. The molecule has 19 heavy (non-hydrogen) atoms. The Morgan fingerprint density at radius 3 is 2.68 bits per heavy atom. The number of carboxylic acid groups (broad SMARTS) is 1. The molecule has 2 aromatic rings. The van der Waals surface area contributed by atoms with Crippen LogP contribution in [0, 0.1) is 0 Å². The monoisotopic (exact) mass is 297 g/mol. The number of anilines is 3. The summed E-state index contributed by atoms with van der Waals surface area (Å²) in [4.78, 5) is 14.9. The van der Waals surface area contributed by atoms with Crippen LogP contribution < -0.4 is 11.1 Å². The van der Waals surface area contributed by atoms with Gasteiger partial charge in [0.2, 0.25) is 0 Å². The van der Waals surface area contributed by atoms with E-state index in [9.17, 15) is 4.79 Å². The number of nitrogens with two attached hydrogens (primary N) is 1. The number of benzene rings is 1. The maximum Gasteiger partial charge on any atom is 0.337 e. The molecule has 0 amide bonds. The summed E-state index contributed by atoms with van der Waals surface area (Å²) in [6.45, 7) is 0. The highest BCUT2D eigenvalue weighted by molar-refractivity contribution is 6.36. The van der Waals surface area contributed by atoms with E-state index in [1.54, 1.807) is 18.2 Å². The molecule has 7 heteroatoms. The van der Waals surface area contributed by atoms with E-state index in [-0.39, 0.29) is 17.1 Å². The molecule has 1 aromatic heterocycles. The minimum atomic E-state index is -1.12. The highest BCUT2D eigenvalue weighted by Gasteiger charge is 2.13. The number of carbonyl (C=O) groups is 1. The Kier molecular flexibility index (Phi) is 3.78. The van der Waals surface area contributed by atoms with Crippen molar-refractivity contribution < 1.29 is 9.90 Å². The van der Waals surface area contributed by atoms with Crippen molar-refractivity contribution in [2.75, 3.05) is 11.1 Å². The van der Waals surface area contributed by atoms with Crippen molar-refractivity contribution in [1.29, 1.82) is 0 Å². The first kappa shape index (κ1) is 13.5. The van der Waals surface area contributed by atoms with Gasteiger partial charge in [0.05, 0.1) is 22.0 Å². The Morgan fingerprint density at radius 2 is 2.05 bits per heavy atom. The van der Waals surface area contributed by atoms with Gasteiger partial charge < -0.3 is 16.2 Å². The van der Waals surface area contributed by atoms with E-state index in [0.29, 0.717) is 15.7 Å². The standard InChI is InChI=1S/C12H9Cl2N3O2/c13-6-1-2-9(8(14)5-6)17-11-10(15)7(12(18)19)3-4-16-11/h1-5H,15H2,(H,16,17)(H,18,19). The van der Waals surface area contributed by atoms with Crippen molar-refractivity contribution in [3.63, 3.8) is 0 Å². The predicted molar refractivity (Wildman–Crippen MR) is 75.4 cm³/mol. The third-order valence-electron chi connectivity index (χ3n) is 2.40. The summed E-state index contributed by atoms with van der Waals surface area (Å²) in [5, 5.41) is 12.7. The van der Waals surface area contributed by atoms with Gasteiger partial charge in [0.25, 0.3) is 0 Å². The van der Waals surface area contributed by atoms with Gasteiger partial charge in [-0.3, -0.25) is 0 Å². The molecule has 0 radical (unpaired) electrons. The van der Waals surface area contributed by atoms with Crippen LogP contribution in [-0.2, 0) is 0 Å². The summed E-state index contributed by atoms with van der Waals surface area (Å²) in [7, 11) is 0. The number of nitrogen functional groups attached to an aromatic ring is 1. The number of halogens is 2. The topological polar surface area (TPSA) is 88.2 Å². The number of rotatable bonds is 3. The summed E-state index contributed by atoms with van der Waals surface area (Å²) in [6.07, 6.45) is 1.35. The maximum absolute atomic E-state index is 11.0. The van der Waals surface area contributed by atoms with E-state index in [1.165, 1.54) is 12.3 Å². The van der Waals surface area contributed by atoms with Crippen LogP contribution in [0.4, 0.5) is 17.2 Å². The number of hydrogen-bond acceptors (Lipinski definition) is 4. The Labute approximate surface area is 119 Å². The fourth-order valence-electron chi connectivity index (χ4n) is 1.48. The van der Waals surface area contributed by atoms with Crippen LogP contribution in [0.5, 0.6) is 0 Å². The summed E-state index contributed by atoms with van der Waals surface area (Å²) in [5.41, 5.74) is 6.29. The SMILES string of the molecule is Nc1c(C(=O)O)ccnc1Nc1ccc(Cl)cc1Cl. The molecule has 98 valence electrons. The number of nitrogens with zero attached hydrogens (tertiary/aromatic N) is 1. The van der Waals surface area contributed by atoms with Crippen molar-refractivity contribution in [3.8, 4) is 0 Å². The Balaban J connectivity index is 2.38. The molecule has 0 atom stereocenters. The van der Waals surface area contributed by atoms with Crippen molar-refractivity contribution in [2.24, 2.45) is 0 Å². The zero-order chi connectivity index (χ0) is 14.0. The lowest BCUT2D eigenvalue weighted by Crippen LogP contribution is -2.07. The Morgan fingerprint density at radius 1 is 1.32 bits per heavy atom. The molecule has 0 aliphatic rings. The van der Waals surface area contributed by atoms with Crippen LogP contribution in [0.1, 0.15) is 10.4 Å². The fourth-order valence-corrected chi connectivity index (χ4v) is 1.93. The van der Waals surface area contributed by atoms with Crippen LogP contribution in [-0.4, -0.2) is 16.1 Å². The number of aromatic nitrogens is 1. The number of pyridine rings is 1. The van der Waals surface area contributed by atoms with Crippen molar-refractivity contribution in [3.05, 3.63) is 46.1 Å². The summed E-state index contributed by atoms with van der Waals surface area (Å²) >= 11 is 11.8. The van der Waals surface area contributed by atoms with Gasteiger partial charge in [0, 0.05) is 11.2 Å². The summed E-state index contributed by atoms with van der Waals surface area (Å²) in [5.74, 6) is -0.894. The van der Waals surface area contributed by atoms with Gasteiger partial charge in [0.1, 0.15) is 0 Å². The Hall–Kier alpha value is -1.98. The number of hydrogen-bond donors (Lipinski definition) is 3. The van der Waals surface area contributed by atoms with Gasteiger partial charge in [-0.2, -0.15) is 0 Å². The van der Waals surface area contributed by atoms with Crippen LogP contribution in [0.3, 0.4) is 0 Å². The fraction of sp³-hybridized carbons (Fsp3) is 0. The maximum atomic E-state index is 11.0. The van der Waals surface area contributed by atoms with E-state index in [0.717, 1.165) is 0 Å². The largest absolute Gasteiger partial charge is 0.478 e. The molecular weight excluding hydrogens is 289 g/mol. The molecule has 0 spiro atoms. The zero-order valence-electron chi connectivity index (χ0n) is 9.52. The van der Waals surface area contributed by atoms with E-state index in [2.05, 4.69) is 10.3 Å². The highest BCUT2D eigenvalue weighted by Crippen LogP contribution is 2.30. The van der Waals surface area contributed by atoms with Gasteiger partial charge in [-0.15, -0.1) is 0 Å². The molecule has 0 fully saturated rings. The second kappa shape index (κ2) is 5.34. The first-order chi connectivity index (χ1) is 8.99. The second-order valence-corrected chi connectivity index (χ2v) is 4.52. The predicted octanol–water partition coefficient (Wildman–Crippen LogP) is 3.41. The smallest absolute Gasteiger partial charge is 0.337 e. The molecule has 2 rings (SSSR count). The lowest BCUT2D eigenvalue weighted by Gasteiger charge is -2.11. The van der Waals surface area contributed by atoms with Gasteiger partial charge >= 0.3 is 5.97 Å². The molecule has 0 aliphatic heterocycles. The van der Waals surface area contributed by atoms with Crippen LogP contribution in [0.25, 0.3) is 0 Å². The van der Waals surface area contributed by atoms with Gasteiger partial charge in [-0.1, -0.05) is 23.2 Å². The van der Waals surface area contributed by atoms with Crippen LogP contribution in [0.15, 0.2) is 30.5 Å². The lowest BCUT2D eigenvalue weighted by molar-refractivity contribution is 0.0698. The summed E-state index contributed by atoms with van der Waals surface area (Å²) in [6, 6.07) is 6.18. The minimum absolute atomic E-state index is 0.0254. The van der Waals surface area contributed by atoms with Gasteiger partial charge in [0.15, 0.2) is 5.82 Å². The van der Waals surface area contributed by atoms with E-state index >= 15 is 0 Å². The quantitative estimate of drug-likeness (QED) is 0.808. The number of nitrogens with one attached hydrogen (secondary N) is 1. The zero-order valence-corrected chi connectivity index (χ0v) is 11.0. The number of carboxylic acids is 1. The molecule has 1 aromatic carbocycles. The van der Waals surface area contributed by atoms with Gasteiger partial charge in [-0.05, 0) is 24.3 Å². The first-order valence-corrected chi connectivity index (χ1v) is 5.94. The Bertz CT molecular complexity index is 647. The third-order valence-corrected chi connectivity index (χ3v) is 2.95. The average molecular weight is 298 g/mol. The second-order valence-electron chi connectivity index (χ2n) is 3.68. The molecule has 0 bridgehead atoms. The van der Waals surface area contributed by atoms with E-state index < -0.39 is 5.97 Å². The van der Waals surface area contributed by atoms with Crippen molar-refractivity contribution in [1.82, 2.24) is 4.98 Å². The molecule has 0 saturated carbocycles. The minimum Gasteiger partial charge on any atom is -0.478 e. The average Bonchev–Trinajstić information content (AvgIpc) is 2.34. The molecular formula is C12H9Cl2N3O2. The van der Waals surface area contributed by atoms with Gasteiger partial charge in [-0.25, -0.2) is 9.78 Å². The first-order valence-electron chi connectivity index (χ1n) is 5.19. The highest BCUT2D eigenvalue weighted by atomic mass is 35.5. The molecule has 1 heterocycles. The van der Waals surface area contributed by atoms with E-state index in [4.69, 9.17) is 34.0 Å². The molecule has 4 N–H and O–H groups in total. The summed E-state index contributed by atoms with van der Waals surface area (Å²) < 4.78 is 0. The molecule has 0 unspecified atom stereocenters. The van der Waals surface area contributed by atoms with Crippen LogP contribution in [0.2, 0.25) is 10.0 Å². The van der Waals surface area contributed by atoms with Crippen molar-refractivity contribution in [2.45, 2.75) is 0 Å². The number of aromatic carboxylic acids is 1. The van der Waals surface area contributed by atoms with Crippen LogP contribution >= 0.6 is 23.2 Å². The van der Waals surface area contributed by atoms with E-state index in [1.807, 2.05) is 0 Å². The van der Waals surface area contributed by atoms with Crippen molar-refractivity contribution >= 4 is 46.4 Å². The lowest BCUT2D eigenvalue weighted by atomic mass is 10.2. The molecule has 0 aliphatic carbocycles.